The van der Waals surface area contributed by atoms with E-state index in [1.807, 2.05) is 0 Å². The smallest absolute Gasteiger partial charge is 0.375 e. The van der Waals surface area contributed by atoms with Crippen LogP contribution >= 0.6 is 0 Å². The molecule has 1 heterocycles. The molecular formula is C8H14F3NO. The molecule has 0 aliphatic carbocycles. The highest BCUT2D eigenvalue weighted by Gasteiger charge is 2.30. The minimum absolute atomic E-state index is 0.121. The number of rotatable bonds is 4. The molecule has 0 aromatic heterocycles. The van der Waals surface area contributed by atoms with E-state index < -0.39 is 18.5 Å². The molecule has 0 aromatic rings. The van der Waals surface area contributed by atoms with Crippen molar-refractivity contribution in [3.63, 3.8) is 0 Å². The summed E-state index contributed by atoms with van der Waals surface area (Å²) in [5, 5.41) is 2.99. The Hall–Kier alpha value is -0.290. The number of alkyl halides is 3. The molecule has 2 nitrogen and oxygen atoms in total. The normalized spacial score (nSPS) is 21.2. The molecule has 1 aliphatic rings. The lowest BCUT2D eigenvalue weighted by molar-refractivity contribution is -0.149. The number of hydrogen-bond acceptors (Lipinski definition) is 2. The van der Waals surface area contributed by atoms with Gasteiger partial charge in [-0.05, 0) is 5.92 Å². The summed E-state index contributed by atoms with van der Waals surface area (Å²) in [6.07, 6.45) is -4.70. The molecule has 1 fully saturated rings. The molecule has 13 heavy (non-hydrogen) atoms. The molecule has 0 amide bonds. The fourth-order valence-corrected chi connectivity index (χ4v) is 1.13. The molecule has 0 saturated carbocycles. The average Bonchev–Trinajstić information content (AvgIpc) is 1.78. The molecule has 1 atom stereocenters. The van der Waals surface area contributed by atoms with Crippen molar-refractivity contribution in [1.29, 1.82) is 0 Å². The van der Waals surface area contributed by atoms with E-state index in [4.69, 9.17) is 4.74 Å². The lowest BCUT2D eigenvalue weighted by Gasteiger charge is -2.28. The first-order chi connectivity index (χ1) is 5.97. The van der Waals surface area contributed by atoms with Gasteiger partial charge in [-0.1, -0.05) is 6.92 Å². The number of ether oxygens (including phenoxy) is 1. The minimum Gasteiger partial charge on any atom is -0.375 e. The first kappa shape index (κ1) is 10.8. The van der Waals surface area contributed by atoms with Gasteiger partial charge in [0.15, 0.2) is 0 Å². The van der Waals surface area contributed by atoms with Crippen molar-refractivity contribution < 1.29 is 17.9 Å². The molecule has 1 aliphatic heterocycles. The Morgan fingerprint density at radius 2 is 2.08 bits per heavy atom. The van der Waals surface area contributed by atoms with Gasteiger partial charge in [0.1, 0.15) is 0 Å². The van der Waals surface area contributed by atoms with Crippen LogP contribution in [0.1, 0.15) is 13.3 Å². The third-order valence-electron chi connectivity index (χ3n) is 1.94. The molecule has 0 aromatic carbocycles. The van der Waals surface area contributed by atoms with Gasteiger partial charge in [-0.15, -0.1) is 0 Å². The van der Waals surface area contributed by atoms with Gasteiger partial charge in [-0.3, -0.25) is 0 Å². The zero-order valence-electron chi connectivity index (χ0n) is 7.53. The van der Waals surface area contributed by atoms with Crippen LogP contribution in [-0.2, 0) is 4.74 Å². The summed E-state index contributed by atoms with van der Waals surface area (Å²) in [6.45, 7) is 3.28. The molecule has 0 bridgehead atoms. The molecule has 0 spiro atoms. The van der Waals surface area contributed by atoms with Gasteiger partial charge in [0.25, 0.3) is 0 Å². The minimum atomic E-state index is -4.07. The Balaban J connectivity index is 2.06. The Bertz CT molecular complexity index is 156. The van der Waals surface area contributed by atoms with Gasteiger partial charge in [-0.25, -0.2) is 0 Å². The molecule has 1 saturated heterocycles. The van der Waals surface area contributed by atoms with Crippen LogP contribution in [0.4, 0.5) is 13.2 Å². The van der Waals surface area contributed by atoms with E-state index in [1.54, 1.807) is 6.92 Å². The van der Waals surface area contributed by atoms with Crippen molar-refractivity contribution >= 4 is 0 Å². The van der Waals surface area contributed by atoms with Crippen molar-refractivity contribution in [3.05, 3.63) is 0 Å². The van der Waals surface area contributed by atoms with Gasteiger partial charge in [0.05, 0.1) is 6.10 Å². The molecule has 1 rings (SSSR count). The van der Waals surface area contributed by atoms with E-state index in [9.17, 15) is 13.2 Å². The maximum Gasteiger partial charge on any atom is 0.389 e. The second kappa shape index (κ2) is 4.28. The summed E-state index contributed by atoms with van der Waals surface area (Å²) in [4.78, 5) is 0. The SMILES string of the molecule is CC(COC1CNC1)CC(F)(F)F. The summed E-state index contributed by atoms with van der Waals surface area (Å²) < 4.78 is 40.8. The van der Waals surface area contributed by atoms with Crippen molar-refractivity contribution in [1.82, 2.24) is 5.32 Å². The quantitative estimate of drug-likeness (QED) is 0.738. The Morgan fingerprint density at radius 1 is 1.46 bits per heavy atom. The second-order valence-electron chi connectivity index (χ2n) is 3.54. The largest absolute Gasteiger partial charge is 0.389 e. The maximum absolute atomic E-state index is 11.9. The van der Waals surface area contributed by atoms with E-state index >= 15 is 0 Å². The molecule has 1 unspecified atom stereocenters. The summed E-state index contributed by atoms with van der Waals surface area (Å²) in [7, 11) is 0. The summed E-state index contributed by atoms with van der Waals surface area (Å²) in [5.74, 6) is -0.444. The van der Waals surface area contributed by atoms with Crippen molar-refractivity contribution in [2.45, 2.75) is 25.6 Å². The van der Waals surface area contributed by atoms with E-state index in [0.29, 0.717) is 0 Å². The van der Waals surface area contributed by atoms with Crippen LogP contribution < -0.4 is 5.32 Å². The third-order valence-corrected chi connectivity index (χ3v) is 1.94. The van der Waals surface area contributed by atoms with Crippen LogP contribution in [0, 0.1) is 5.92 Å². The predicted octanol–water partition coefficient (Wildman–Crippen LogP) is 1.56. The second-order valence-corrected chi connectivity index (χ2v) is 3.54. The first-order valence-corrected chi connectivity index (χ1v) is 4.36. The summed E-state index contributed by atoms with van der Waals surface area (Å²) in [5.41, 5.74) is 0. The van der Waals surface area contributed by atoms with Crippen LogP contribution in [0.15, 0.2) is 0 Å². The number of halogens is 3. The zero-order chi connectivity index (χ0) is 9.90. The van der Waals surface area contributed by atoms with Crippen molar-refractivity contribution in [2.75, 3.05) is 19.7 Å². The highest BCUT2D eigenvalue weighted by atomic mass is 19.4. The number of hydrogen-bond donors (Lipinski definition) is 1. The van der Waals surface area contributed by atoms with E-state index in [0.717, 1.165) is 13.1 Å². The molecular weight excluding hydrogens is 183 g/mol. The Morgan fingerprint density at radius 3 is 2.46 bits per heavy atom. The fraction of sp³-hybridized carbons (Fsp3) is 1.00. The highest BCUT2D eigenvalue weighted by Crippen LogP contribution is 2.24. The van der Waals surface area contributed by atoms with Gasteiger partial charge in [-0.2, -0.15) is 13.2 Å². The lowest BCUT2D eigenvalue weighted by Crippen LogP contribution is -2.49. The standard InChI is InChI=1S/C8H14F3NO/c1-6(2-8(9,10)11)5-13-7-3-12-4-7/h6-7,12H,2-5H2,1H3. The van der Waals surface area contributed by atoms with Gasteiger partial charge < -0.3 is 10.1 Å². The van der Waals surface area contributed by atoms with E-state index in [2.05, 4.69) is 5.32 Å². The van der Waals surface area contributed by atoms with Crippen LogP contribution in [0.2, 0.25) is 0 Å². The van der Waals surface area contributed by atoms with Gasteiger partial charge in [0.2, 0.25) is 0 Å². The van der Waals surface area contributed by atoms with Crippen molar-refractivity contribution in [3.8, 4) is 0 Å². The average molecular weight is 197 g/mol. The predicted molar refractivity (Wildman–Crippen MR) is 42.4 cm³/mol. The summed E-state index contributed by atoms with van der Waals surface area (Å²) >= 11 is 0. The summed E-state index contributed by atoms with van der Waals surface area (Å²) in [6, 6.07) is 0. The Kier molecular flexibility index (Phi) is 3.55. The third kappa shape index (κ3) is 4.47. The maximum atomic E-state index is 11.9. The zero-order valence-corrected chi connectivity index (χ0v) is 7.53. The monoisotopic (exact) mass is 197 g/mol. The number of nitrogens with one attached hydrogen (secondary N) is 1. The van der Waals surface area contributed by atoms with Gasteiger partial charge in [0, 0.05) is 26.1 Å². The van der Waals surface area contributed by atoms with Crippen LogP contribution in [0.25, 0.3) is 0 Å². The topological polar surface area (TPSA) is 21.3 Å². The van der Waals surface area contributed by atoms with Crippen LogP contribution in [0.3, 0.4) is 0 Å². The van der Waals surface area contributed by atoms with Crippen LogP contribution in [0.5, 0.6) is 0 Å². The lowest BCUT2D eigenvalue weighted by atomic mass is 10.1. The fourth-order valence-electron chi connectivity index (χ4n) is 1.13. The first-order valence-electron chi connectivity index (χ1n) is 4.36. The van der Waals surface area contributed by atoms with Gasteiger partial charge >= 0.3 is 6.18 Å². The molecule has 5 heteroatoms. The Labute approximate surface area is 75.4 Å². The molecule has 0 radical (unpaired) electrons. The van der Waals surface area contributed by atoms with Crippen molar-refractivity contribution in [2.24, 2.45) is 5.92 Å². The molecule has 78 valence electrons. The van der Waals surface area contributed by atoms with E-state index in [-0.39, 0.29) is 12.7 Å². The van der Waals surface area contributed by atoms with E-state index in [1.165, 1.54) is 0 Å². The van der Waals surface area contributed by atoms with Crippen LogP contribution in [-0.4, -0.2) is 32.0 Å². The highest BCUT2D eigenvalue weighted by molar-refractivity contribution is 4.75. The molecule has 1 N–H and O–H groups in total.